The lowest BCUT2D eigenvalue weighted by molar-refractivity contribution is 0.0922. The molecular weight excluding hydrogens is 234 g/mol. The Kier molecular flexibility index (Phi) is 6.79. The second kappa shape index (κ2) is 8.11. The highest BCUT2D eigenvalue weighted by atomic mass is 16.1. The van der Waals surface area contributed by atoms with Crippen molar-refractivity contribution in [1.29, 1.82) is 0 Å². The summed E-state index contributed by atoms with van der Waals surface area (Å²) >= 11 is 0. The normalized spacial score (nSPS) is 14.1. The summed E-state index contributed by atoms with van der Waals surface area (Å²) in [6.07, 6.45) is 5.10. The van der Waals surface area contributed by atoms with Crippen molar-refractivity contribution in [2.24, 2.45) is 11.7 Å². The molecule has 0 amide bonds. The van der Waals surface area contributed by atoms with Crippen LogP contribution in [-0.4, -0.2) is 11.8 Å². The van der Waals surface area contributed by atoms with E-state index < -0.39 is 0 Å². The SMILES string of the molecule is CCCc1cccc(C(=O)C(C)CCCC(C)N)c1. The summed E-state index contributed by atoms with van der Waals surface area (Å²) in [7, 11) is 0. The van der Waals surface area contributed by atoms with Crippen molar-refractivity contribution < 1.29 is 4.79 Å². The summed E-state index contributed by atoms with van der Waals surface area (Å²) in [6.45, 7) is 6.20. The molecule has 1 aromatic rings. The van der Waals surface area contributed by atoms with Gasteiger partial charge in [0, 0.05) is 17.5 Å². The molecule has 0 aliphatic rings. The first kappa shape index (κ1) is 15.9. The number of hydrogen-bond acceptors (Lipinski definition) is 2. The molecule has 1 rings (SSSR count). The Morgan fingerprint density at radius 2 is 2.00 bits per heavy atom. The van der Waals surface area contributed by atoms with E-state index in [1.54, 1.807) is 0 Å². The highest BCUT2D eigenvalue weighted by molar-refractivity contribution is 5.97. The van der Waals surface area contributed by atoms with Gasteiger partial charge in [-0.15, -0.1) is 0 Å². The summed E-state index contributed by atoms with van der Waals surface area (Å²) in [5.41, 5.74) is 7.85. The predicted molar refractivity (Wildman–Crippen MR) is 81.4 cm³/mol. The van der Waals surface area contributed by atoms with E-state index >= 15 is 0 Å². The zero-order valence-electron chi connectivity index (χ0n) is 12.5. The summed E-state index contributed by atoms with van der Waals surface area (Å²) in [6, 6.07) is 8.31. The number of rotatable bonds is 8. The van der Waals surface area contributed by atoms with Gasteiger partial charge in [-0.2, -0.15) is 0 Å². The highest BCUT2D eigenvalue weighted by Crippen LogP contribution is 2.17. The van der Waals surface area contributed by atoms with E-state index in [0.29, 0.717) is 0 Å². The van der Waals surface area contributed by atoms with Crippen LogP contribution in [0.5, 0.6) is 0 Å². The van der Waals surface area contributed by atoms with Crippen LogP contribution in [0.2, 0.25) is 0 Å². The van der Waals surface area contributed by atoms with E-state index in [1.807, 2.05) is 32.0 Å². The molecule has 0 aliphatic carbocycles. The van der Waals surface area contributed by atoms with Crippen LogP contribution in [0.25, 0.3) is 0 Å². The first-order chi connectivity index (χ1) is 9.04. The monoisotopic (exact) mass is 261 g/mol. The van der Waals surface area contributed by atoms with Gasteiger partial charge in [-0.3, -0.25) is 4.79 Å². The molecule has 0 heterocycles. The minimum atomic E-state index is 0.0932. The smallest absolute Gasteiger partial charge is 0.165 e. The van der Waals surface area contributed by atoms with Crippen LogP contribution >= 0.6 is 0 Å². The van der Waals surface area contributed by atoms with Crippen molar-refractivity contribution in [3.63, 3.8) is 0 Å². The minimum absolute atomic E-state index is 0.0932. The minimum Gasteiger partial charge on any atom is -0.328 e. The van der Waals surface area contributed by atoms with Crippen LogP contribution in [0.3, 0.4) is 0 Å². The first-order valence-corrected chi connectivity index (χ1v) is 7.43. The molecule has 0 bridgehead atoms. The third-order valence-electron chi connectivity index (χ3n) is 3.49. The van der Waals surface area contributed by atoms with E-state index in [1.165, 1.54) is 5.56 Å². The van der Waals surface area contributed by atoms with Gasteiger partial charge in [0.2, 0.25) is 0 Å². The Morgan fingerprint density at radius 1 is 1.26 bits per heavy atom. The third-order valence-corrected chi connectivity index (χ3v) is 3.49. The van der Waals surface area contributed by atoms with E-state index in [-0.39, 0.29) is 17.7 Å². The van der Waals surface area contributed by atoms with E-state index in [2.05, 4.69) is 13.0 Å². The van der Waals surface area contributed by atoms with Crippen molar-refractivity contribution in [3.8, 4) is 0 Å². The van der Waals surface area contributed by atoms with Crippen molar-refractivity contribution in [2.45, 2.75) is 58.9 Å². The summed E-state index contributed by atoms with van der Waals surface area (Å²) in [4.78, 5) is 12.3. The van der Waals surface area contributed by atoms with Gasteiger partial charge in [-0.05, 0) is 37.8 Å². The summed E-state index contributed by atoms with van der Waals surface area (Å²) < 4.78 is 0. The van der Waals surface area contributed by atoms with Crippen molar-refractivity contribution in [2.75, 3.05) is 0 Å². The molecule has 2 heteroatoms. The number of nitrogens with two attached hydrogens (primary N) is 1. The lowest BCUT2D eigenvalue weighted by atomic mass is 9.92. The quantitative estimate of drug-likeness (QED) is 0.719. The molecule has 19 heavy (non-hydrogen) atoms. The topological polar surface area (TPSA) is 43.1 Å². The molecule has 2 atom stereocenters. The second-order valence-electron chi connectivity index (χ2n) is 5.62. The molecule has 0 saturated heterocycles. The molecule has 2 N–H and O–H groups in total. The van der Waals surface area contributed by atoms with Crippen LogP contribution in [0.4, 0.5) is 0 Å². The Hall–Kier alpha value is -1.15. The van der Waals surface area contributed by atoms with Crippen LogP contribution in [-0.2, 0) is 6.42 Å². The fraction of sp³-hybridized carbons (Fsp3) is 0.588. The molecule has 1 aromatic carbocycles. The maximum atomic E-state index is 12.3. The van der Waals surface area contributed by atoms with Gasteiger partial charge >= 0.3 is 0 Å². The van der Waals surface area contributed by atoms with Crippen LogP contribution in [0, 0.1) is 5.92 Å². The van der Waals surface area contributed by atoms with Gasteiger partial charge in [0.05, 0.1) is 0 Å². The fourth-order valence-corrected chi connectivity index (χ4v) is 2.33. The van der Waals surface area contributed by atoms with Gasteiger partial charge < -0.3 is 5.73 Å². The molecule has 0 aromatic heterocycles. The number of Topliss-reactive ketones (excluding diaryl/α,β-unsaturated/α-hetero) is 1. The largest absolute Gasteiger partial charge is 0.328 e. The van der Waals surface area contributed by atoms with Gasteiger partial charge in [-0.25, -0.2) is 0 Å². The van der Waals surface area contributed by atoms with Crippen LogP contribution in [0.15, 0.2) is 24.3 Å². The number of ketones is 1. The zero-order chi connectivity index (χ0) is 14.3. The summed E-state index contributed by atoms with van der Waals surface area (Å²) in [5, 5.41) is 0. The van der Waals surface area contributed by atoms with Crippen LogP contribution in [0.1, 0.15) is 62.4 Å². The first-order valence-electron chi connectivity index (χ1n) is 7.43. The third kappa shape index (κ3) is 5.56. The molecule has 0 spiro atoms. The standard InChI is InChI=1S/C17H27NO/c1-4-7-15-10-6-11-16(12-15)17(19)13(2)8-5-9-14(3)18/h6,10-14H,4-5,7-9,18H2,1-3H3. The molecule has 2 unspecified atom stereocenters. The summed E-state index contributed by atoms with van der Waals surface area (Å²) in [5.74, 6) is 0.359. The maximum absolute atomic E-state index is 12.3. The number of hydrogen-bond donors (Lipinski definition) is 1. The second-order valence-corrected chi connectivity index (χ2v) is 5.62. The molecule has 2 nitrogen and oxygen atoms in total. The van der Waals surface area contributed by atoms with Gasteiger partial charge in [0.15, 0.2) is 5.78 Å². The number of carbonyl (C=O) groups is 1. The number of benzene rings is 1. The maximum Gasteiger partial charge on any atom is 0.165 e. The Labute approximate surface area is 117 Å². The number of aryl methyl sites for hydroxylation is 1. The van der Waals surface area contributed by atoms with E-state index in [4.69, 9.17) is 5.73 Å². The van der Waals surface area contributed by atoms with E-state index in [0.717, 1.165) is 37.7 Å². The Bertz CT molecular complexity index is 398. The molecular formula is C17H27NO. The Morgan fingerprint density at radius 3 is 2.63 bits per heavy atom. The van der Waals surface area contributed by atoms with Gasteiger partial charge in [-0.1, -0.05) is 44.9 Å². The van der Waals surface area contributed by atoms with Crippen molar-refractivity contribution >= 4 is 5.78 Å². The Balaban J connectivity index is 2.58. The van der Waals surface area contributed by atoms with Gasteiger partial charge in [0.1, 0.15) is 0 Å². The molecule has 0 fully saturated rings. The van der Waals surface area contributed by atoms with Crippen molar-refractivity contribution in [1.82, 2.24) is 0 Å². The van der Waals surface area contributed by atoms with Crippen LogP contribution < -0.4 is 5.73 Å². The zero-order valence-corrected chi connectivity index (χ0v) is 12.5. The molecule has 0 saturated carbocycles. The van der Waals surface area contributed by atoms with E-state index in [9.17, 15) is 4.79 Å². The van der Waals surface area contributed by atoms with Crippen molar-refractivity contribution in [3.05, 3.63) is 35.4 Å². The lowest BCUT2D eigenvalue weighted by Crippen LogP contribution is -2.16. The fourth-order valence-electron chi connectivity index (χ4n) is 2.33. The van der Waals surface area contributed by atoms with Gasteiger partial charge in [0.25, 0.3) is 0 Å². The predicted octanol–water partition coefficient (Wildman–Crippen LogP) is 3.98. The average molecular weight is 261 g/mol. The molecule has 0 aliphatic heterocycles. The molecule has 106 valence electrons. The highest BCUT2D eigenvalue weighted by Gasteiger charge is 2.15. The lowest BCUT2D eigenvalue weighted by Gasteiger charge is -2.12. The molecule has 0 radical (unpaired) electrons. The number of carbonyl (C=O) groups excluding carboxylic acids is 1. The average Bonchev–Trinajstić information content (AvgIpc) is 2.38.